The van der Waals surface area contributed by atoms with Crippen LogP contribution in [0.25, 0.3) is 0 Å². The van der Waals surface area contributed by atoms with Crippen LogP contribution in [0.15, 0.2) is 63.9 Å². The highest BCUT2D eigenvalue weighted by molar-refractivity contribution is 9.11. The van der Waals surface area contributed by atoms with Gasteiger partial charge in [-0.1, -0.05) is 0 Å². The van der Waals surface area contributed by atoms with Crippen LogP contribution in [-0.2, 0) is 26.3 Å². The molecule has 0 aliphatic carbocycles. The summed E-state index contributed by atoms with van der Waals surface area (Å²) in [6, 6.07) is 8.23. The number of nitrogens with one attached hydrogen (secondary N) is 2. The highest BCUT2D eigenvalue weighted by Gasteiger charge is 2.48. The second-order valence-corrected chi connectivity index (χ2v) is 16.3. The lowest BCUT2D eigenvalue weighted by atomic mass is 9.83. The van der Waals surface area contributed by atoms with Crippen molar-refractivity contribution in [2.24, 2.45) is 11.7 Å². The number of anilines is 2. The van der Waals surface area contributed by atoms with Gasteiger partial charge in [0.05, 0.1) is 8.95 Å². The second kappa shape index (κ2) is 16.7. The summed E-state index contributed by atoms with van der Waals surface area (Å²) in [7, 11) is 0. The van der Waals surface area contributed by atoms with E-state index in [1.165, 1.54) is 4.90 Å². The Kier molecular flexibility index (Phi) is 11.8. The molecule has 3 aromatic rings. The van der Waals surface area contributed by atoms with Crippen LogP contribution in [0.5, 0.6) is 5.75 Å². The molecule has 1 aromatic carbocycles. The molecule has 17 heteroatoms. The number of nitrogens with two attached hydrogens (primary N) is 1. The van der Waals surface area contributed by atoms with E-state index in [4.69, 9.17) is 10.5 Å². The number of piperidine rings is 2. The number of ether oxygens (including phenoxy) is 1. The number of urea groups is 1. The van der Waals surface area contributed by atoms with Crippen molar-refractivity contribution in [2.45, 2.75) is 56.2 Å². The number of likely N-dealkylation sites (tertiary alicyclic amines) is 1. The number of phenols is 1. The quantitative estimate of drug-likeness (QED) is 0.243. The van der Waals surface area contributed by atoms with Crippen molar-refractivity contribution in [3.05, 3.63) is 75.1 Å². The largest absolute Gasteiger partial charge is 0.506 e. The Morgan fingerprint density at radius 2 is 1.64 bits per heavy atom. The molecule has 1 spiro atoms. The number of rotatable bonds is 9. The average Bonchev–Trinajstić information content (AvgIpc) is 3.20. The fourth-order valence-electron chi connectivity index (χ4n) is 8.32. The summed E-state index contributed by atoms with van der Waals surface area (Å²) in [5.41, 5.74) is 7.63. The van der Waals surface area contributed by atoms with Crippen molar-refractivity contribution in [1.29, 1.82) is 0 Å². The fraction of sp³-hybridized carbons (Fsp3) is 0.474. The van der Waals surface area contributed by atoms with Crippen LogP contribution in [0.4, 0.5) is 21.1 Å². The molecule has 0 unspecified atom stereocenters. The summed E-state index contributed by atoms with van der Waals surface area (Å²) in [5, 5.41) is 16.5. The summed E-state index contributed by atoms with van der Waals surface area (Å²) in [5.74, 6) is -0.426. The van der Waals surface area contributed by atoms with Gasteiger partial charge in [-0.3, -0.25) is 19.9 Å². The Hall–Kier alpha value is -4.48. The molecule has 6 heterocycles. The lowest BCUT2D eigenvalue weighted by Crippen LogP contribution is -2.64. The smallest absolute Gasteiger partial charge is 0.413 e. The molecule has 0 saturated carbocycles. The first-order valence-corrected chi connectivity index (χ1v) is 20.2. The molecule has 15 nitrogen and oxygen atoms in total. The molecular formula is C38H45Br2N9O6. The second-order valence-electron chi connectivity index (χ2n) is 14.6. The molecule has 4 aliphatic heterocycles. The van der Waals surface area contributed by atoms with E-state index in [1.54, 1.807) is 46.6 Å². The Labute approximate surface area is 336 Å². The number of aromatic nitrogens is 2. The summed E-state index contributed by atoms with van der Waals surface area (Å²) in [6.07, 6.45) is 7.07. The lowest BCUT2D eigenvalue weighted by molar-refractivity contribution is -0.139. The number of primary amides is 1. The van der Waals surface area contributed by atoms with Crippen molar-refractivity contribution in [3.8, 4) is 5.75 Å². The Bertz CT molecular complexity index is 1880. The number of aromatic hydroxyl groups is 1. The normalized spacial score (nSPS) is 19.5. The molecule has 7 rings (SSSR count). The zero-order valence-corrected chi connectivity index (χ0v) is 33.5. The molecule has 5 amide bonds. The molecule has 4 aliphatic rings. The summed E-state index contributed by atoms with van der Waals surface area (Å²) in [6.45, 7) is 4.02. The SMILES string of the molecule is NC(=O)[C@@H](Cc1cc(Br)c(O)c(Br)c1)N(C(=O)N1CCC2(CC1)OC(=O)Nc1ncccc12)[C@@H](CC1CCNCC1)C(=O)N1CCN(c2ccncc2)CC1. The van der Waals surface area contributed by atoms with Gasteiger partial charge in [-0.05, 0) is 112 Å². The molecule has 0 bridgehead atoms. The van der Waals surface area contributed by atoms with E-state index in [1.807, 2.05) is 18.2 Å². The number of halogens is 2. The predicted octanol–water partition coefficient (Wildman–Crippen LogP) is 4.19. The molecule has 292 valence electrons. The van der Waals surface area contributed by atoms with E-state index in [0.717, 1.165) is 37.2 Å². The van der Waals surface area contributed by atoms with Crippen LogP contribution in [0.1, 0.15) is 43.2 Å². The van der Waals surface area contributed by atoms with Crippen LogP contribution in [0.2, 0.25) is 0 Å². The number of carbonyl (C=O) groups excluding carboxylic acids is 4. The Balaban J connectivity index is 1.22. The van der Waals surface area contributed by atoms with Crippen LogP contribution in [-0.4, -0.2) is 118 Å². The first kappa shape index (κ1) is 38.8. The Morgan fingerprint density at radius 1 is 0.964 bits per heavy atom. The summed E-state index contributed by atoms with van der Waals surface area (Å²) >= 11 is 6.78. The van der Waals surface area contributed by atoms with Crippen LogP contribution >= 0.6 is 31.9 Å². The standard InChI is InChI=1S/C38H45Br2N9O6/c39-28-20-25(21-29(40)32(28)50)23-30(33(41)51)49(37(54)48-14-7-38(8-15-48)27-2-1-9-44-34(27)45-36(53)55-38)31(22-24-3-10-42-11-4-24)35(52)47-18-16-46(17-19-47)26-5-12-43-13-6-26/h1-2,5-6,9,12-13,20-21,24,30-31,42,50H,3-4,7-8,10-11,14-19,22-23H2,(H2,41,51)(H,44,45,53)/t30-,31+/m1/s1. The van der Waals surface area contributed by atoms with Crippen molar-refractivity contribution in [3.63, 3.8) is 0 Å². The van der Waals surface area contributed by atoms with Gasteiger partial charge in [0.1, 0.15) is 29.3 Å². The van der Waals surface area contributed by atoms with E-state index < -0.39 is 35.7 Å². The third-order valence-electron chi connectivity index (χ3n) is 11.3. The number of hydrogen-bond acceptors (Lipinski definition) is 10. The zero-order chi connectivity index (χ0) is 38.7. The van der Waals surface area contributed by atoms with E-state index >= 15 is 4.79 Å². The minimum Gasteiger partial charge on any atom is -0.506 e. The molecule has 2 atom stereocenters. The first-order chi connectivity index (χ1) is 26.5. The summed E-state index contributed by atoms with van der Waals surface area (Å²) < 4.78 is 6.72. The average molecular weight is 884 g/mol. The molecule has 0 radical (unpaired) electrons. The maximum Gasteiger partial charge on any atom is 0.413 e. The third kappa shape index (κ3) is 8.38. The topological polar surface area (TPSA) is 187 Å². The number of hydrogen-bond donors (Lipinski definition) is 4. The van der Waals surface area contributed by atoms with Crippen molar-refractivity contribution in [1.82, 2.24) is 30.0 Å². The Morgan fingerprint density at radius 3 is 2.29 bits per heavy atom. The van der Waals surface area contributed by atoms with Crippen LogP contribution < -0.4 is 21.3 Å². The van der Waals surface area contributed by atoms with Gasteiger partial charge in [-0.15, -0.1) is 0 Å². The predicted molar refractivity (Wildman–Crippen MR) is 211 cm³/mol. The van der Waals surface area contributed by atoms with Gasteiger partial charge >= 0.3 is 12.1 Å². The van der Waals surface area contributed by atoms with Crippen LogP contribution in [0.3, 0.4) is 0 Å². The van der Waals surface area contributed by atoms with Crippen molar-refractivity contribution < 1.29 is 29.0 Å². The van der Waals surface area contributed by atoms with Crippen molar-refractivity contribution in [2.75, 3.05) is 62.6 Å². The third-order valence-corrected chi connectivity index (χ3v) is 12.5. The summed E-state index contributed by atoms with van der Waals surface area (Å²) in [4.78, 5) is 72.1. The van der Waals surface area contributed by atoms with E-state index in [9.17, 15) is 19.5 Å². The van der Waals surface area contributed by atoms with Gasteiger partial charge in [0.15, 0.2) is 0 Å². The number of fused-ring (bicyclic) bond motifs is 2. The van der Waals surface area contributed by atoms with E-state index in [-0.39, 0.29) is 37.1 Å². The van der Waals surface area contributed by atoms with Gasteiger partial charge in [0.2, 0.25) is 11.8 Å². The number of nitrogens with zero attached hydrogens (tertiary/aromatic N) is 6. The van der Waals surface area contributed by atoms with Gasteiger partial charge in [0.25, 0.3) is 0 Å². The molecule has 5 N–H and O–H groups in total. The fourth-order valence-corrected chi connectivity index (χ4v) is 9.60. The van der Waals surface area contributed by atoms with Gasteiger partial charge < -0.3 is 40.5 Å². The monoisotopic (exact) mass is 881 g/mol. The van der Waals surface area contributed by atoms with Gasteiger partial charge in [0, 0.05) is 88.4 Å². The number of carbonyl (C=O) groups is 4. The number of pyridine rings is 2. The molecular weight excluding hydrogens is 838 g/mol. The zero-order valence-electron chi connectivity index (χ0n) is 30.3. The van der Waals surface area contributed by atoms with Crippen molar-refractivity contribution >= 4 is 67.3 Å². The van der Waals surface area contributed by atoms with E-state index in [2.05, 4.69) is 57.4 Å². The van der Waals surface area contributed by atoms with Crippen LogP contribution in [0, 0.1) is 5.92 Å². The highest BCUT2D eigenvalue weighted by atomic mass is 79.9. The highest BCUT2D eigenvalue weighted by Crippen LogP contribution is 2.43. The number of piperazine rings is 1. The molecule has 55 heavy (non-hydrogen) atoms. The minimum absolute atomic E-state index is 0.00445. The molecule has 2 aromatic heterocycles. The van der Waals surface area contributed by atoms with E-state index in [0.29, 0.717) is 65.8 Å². The number of benzene rings is 1. The maximum absolute atomic E-state index is 15.2. The number of phenolic OH excluding ortho intramolecular Hbond substituents is 1. The van der Waals surface area contributed by atoms with Gasteiger partial charge in [-0.25, -0.2) is 14.6 Å². The van der Waals surface area contributed by atoms with Gasteiger partial charge in [-0.2, -0.15) is 0 Å². The molecule has 3 fully saturated rings. The lowest BCUT2D eigenvalue weighted by Gasteiger charge is -2.47. The molecule has 3 saturated heterocycles. The first-order valence-electron chi connectivity index (χ1n) is 18.7. The number of amides is 5. The maximum atomic E-state index is 15.2. The minimum atomic E-state index is -1.21.